The molecule has 0 aliphatic carbocycles. The Balaban J connectivity index is 1.25. The Bertz CT molecular complexity index is 1170. The molecule has 5 rings (SSSR count). The zero-order valence-electron chi connectivity index (χ0n) is 19.5. The zero-order chi connectivity index (χ0) is 23.2. The maximum absolute atomic E-state index is 11.8. The lowest BCUT2D eigenvalue weighted by Gasteiger charge is -2.40. The van der Waals surface area contributed by atoms with Gasteiger partial charge in [-0.25, -0.2) is 13.4 Å². The molecular weight excluding hydrogens is 438 g/mol. The average molecular weight is 470 g/mol. The number of piperidine rings is 1. The molecule has 3 aliphatic heterocycles. The molecule has 0 bridgehead atoms. The molecule has 0 spiro atoms. The second-order valence-corrected chi connectivity index (χ2v) is 11.6. The molecule has 176 valence electrons. The molecule has 2 aromatic rings. The van der Waals surface area contributed by atoms with Crippen molar-refractivity contribution in [2.45, 2.75) is 45.1 Å². The van der Waals surface area contributed by atoms with E-state index in [-0.39, 0.29) is 5.60 Å². The van der Waals surface area contributed by atoms with Crippen LogP contribution in [0.4, 0.5) is 5.82 Å². The van der Waals surface area contributed by atoms with Crippen LogP contribution in [0.2, 0.25) is 0 Å². The largest absolute Gasteiger partial charge is 0.485 e. The summed E-state index contributed by atoms with van der Waals surface area (Å²) in [5.74, 6) is 2.28. The Morgan fingerprint density at radius 2 is 1.88 bits per heavy atom. The molecule has 1 unspecified atom stereocenters. The standard InChI is InChI=1S/C24H31N5O3S/c1-17-14-27-23(16-25-17)28-8-6-20(7-9-28)24(2)13-19-12-21(26-15-22(19)32-24)18-4-10-29(11-5-18)33(3,30)31/h4,12,14-16,20H,5-11,13H2,1-3H3. The van der Waals surface area contributed by atoms with Gasteiger partial charge in [0.2, 0.25) is 10.0 Å². The van der Waals surface area contributed by atoms with Gasteiger partial charge in [-0.2, -0.15) is 4.31 Å². The smallest absolute Gasteiger partial charge is 0.211 e. The Hall–Kier alpha value is -2.52. The second kappa shape index (κ2) is 8.36. The Kier molecular flexibility index (Phi) is 5.64. The molecular formula is C24H31N5O3S. The van der Waals surface area contributed by atoms with Crippen molar-refractivity contribution >= 4 is 21.4 Å². The van der Waals surface area contributed by atoms with E-state index in [1.54, 1.807) is 0 Å². The maximum atomic E-state index is 11.8. The third kappa shape index (κ3) is 4.48. The predicted octanol–water partition coefficient (Wildman–Crippen LogP) is 2.84. The zero-order valence-corrected chi connectivity index (χ0v) is 20.3. The van der Waals surface area contributed by atoms with Crippen molar-refractivity contribution in [3.63, 3.8) is 0 Å². The van der Waals surface area contributed by atoms with Gasteiger partial charge in [-0.05, 0) is 44.7 Å². The number of anilines is 1. The van der Waals surface area contributed by atoms with E-state index < -0.39 is 10.0 Å². The fourth-order valence-electron chi connectivity index (χ4n) is 5.24. The molecule has 1 fully saturated rings. The molecule has 8 nitrogen and oxygen atoms in total. The minimum Gasteiger partial charge on any atom is -0.485 e. The highest BCUT2D eigenvalue weighted by atomic mass is 32.2. The van der Waals surface area contributed by atoms with Crippen LogP contribution in [0.1, 0.15) is 43.1 Å². The summed E-state index contributed by atoms with van der Waals surface area (Å²) in [6.07, 6.45) is 12.4. The number of nitrogens with zero attached hydrogens (tertiary/aromatic N) is 5. The van der Waals surface area contributed by atoms with Gasteiger partial charge in [-0.15, -0.1) is 0 Å². The first kappa shape index (κ1) is 22.3. The molecule has 0 radical (unpaired) electrons. The van der Waals surface area contributed by atoms with Crippen LogP contribution in [0.25, 0.3) is 5.57 Å². The van der Waals surface area contributed by atoms with E-state index in [0.717, 1.165) is 60.9 Å². The number of aryl methyl sites for hydroxylation is 1. The lowest BCUT2D eigenvalue weighted by atomic mass is 9.79. The van der Waals surface area contributed by atoms with Crippen LogP contribution in [0.3, 0.4) is 0 Å². The number of ether oxygens (including phenoxy) is 1. The predicted molar refractivity (Wildman–Crippen MR) is 128 cm³/mol. The highest BCUT2D eigenvalue weighted by Gasteiger charge is 2.43. The normalized spacial score (nSPS) is 24.3. The maximum Gasteiger partial charge on any atom is 0.211 e. The Morgan fingerprint density at radius 3 is 2.52 bits per heavy atom. The Labute approximate surface area is 195 Å². The summed E-state index contributed by atoms with van der Waals surface area (Å²) in [5.41, 5.74) is 3.94. The van der Waals surface area contributed by atoms with Crippen molar-refractivity contribution in [3.8, 4) is 5.75 Å². The first-order chi connectivity index (χ1) is 15.7. The molecule has 33 heavy (non-hydrogen) atoms. The van der Waals surface area contributed by atoms with Crippen LogP contribution < -0.4 is 9.64 Å². The summed E-state index contributed by atoms with van der Waals surface area (Å²) >= 11 is 0. The van der Waals surface area contributed by atoms with Gasteiger partial charge < -0.3 is 9.64 Å². The summed E-state index contributed by atoms with van der Waals surface area (Å²) < 4.78 is 31.5. The van der Waals surface area contributed by atoms with Gasteiger partial charge in [0.25, 0.3) is 0 Å². The third-order valence-electron chi connectivity index (χ3n) is 7.25. The van der Waals surface area contributed by atoms with Crippen LogP contribution in [0.15, 0.2) is 30.7 Å². The highest BCUT2D eigenvalue weighted by molar-refractivity contribution is 7.88. The minimum absolute atomic E-state index is 0.234. The van der Waals surface area contributed by atoms with Gasteiger partial charge in [-0.1, -0.05) is 6.08 Å². The number of hydrogen-bond acceptors (Lipinski definition) is 7. The molecule has 0 aromatic carbocycles. The molecule has 5 heterocycles. The first-order valence-electron chi connectivity index (χ1n) is 11.6. The van der Waals surface area contributed by atoms with Gasteiger partial charge >= 0.3 is 0 Å². The molecule has 0 amide bonds. The number of hydrogen-bond donors (Lipinski definition) is 0. The van der Waals surface area contributed by atoms with Gasteiger partial charge in [-0.3, -0.25) is 9.97 Å². The van der Waals surface area contributed by atoms with Crippen molar-refractivity contribution in [2.24, 2.45) is 5.92 Å². The van der Waals surface area contributed by atoms with E-state index in [2.05, 4.69) is 32.8 Å². The van der Waals surface area contributed by atoms with Gasteiger partial charge in [0.05, 0.1) is 36.2 Å². The van der Waals surface area contributed by atoms with Gasteiger partial charge in [0, 0.05) is 44.1 Å². The second-order valence-electron chi connectivity index (χ2n) is 9.65. The van der Waals surface area contributed by atoms with Crippen LogP contribution in [-0.4, -0.2) is 65.7 Å². The van der Waals surface area contributed by atoms with Crippen molar-refractivity contribution < 1.29 is 13.2 Å². The third-order valence-corrected chi connectivity index (χ3v) is 8.52. The van der Waals surface area contributed by atoms with E-state index in [9.17, 15) is 8.42 Å². The van der Waals surface area contributed by atoms with Crippen molar-refractivity contribution in [3.05, 3.63) is 47.7 Å². The van der Waals surface area contributed by atoms with Crippen molar-refractivity contribution in [1.29, 1.82) is 0 Å². The van der Waals surface area contributed by atoms with E-state index in [4.69, 9.17) is 4.74 Å². The number of fused-ring (bicyclic) bond motifs is 1. The topological polar surface area (TPSA) is 88.5 Å². The molecule has 3 aliphatic rings. The summed E-state index contributed by atoms with van der Waals surface area (Å²) in [4.78, 5) is 15.9. The Morgan fingerprint density at radius 1 is 1.09 bits per heavy atom. The SMILES string of the molecule is Cc1cnc(N2CCC(C3(C)Cc4cc(C5=CCN(S(C)(=O)=O)CC5)ncc4O3)CC2)cn1. The van der Waals surface area contributed by atoms with E-state index in [1.807, 2.05) is 31.6 Å². The molecule has 2 aromatic heterocycles. The lowest BCUT2D eigenvalue weighted by molar-refractivity contribution is 0.0348. The summed E-state index contributed by atoms with van der Waals surface area (Å²) in [6, 6.07) is 2.14. The van der Waals surface area contributed by atoms with Crippen LogP contribution in [0.5, 0.6) is 5.75 Å². The number of pyridine rings is 1. The summed E-state index contributed by atoms with van der Waals surface area (Å²) in [7, 11) is -3.16. The van der Waals surface area contributed by atoms with Gasteiger partial charge in [0.15, 0.2) is 0 Å². The van der Waals surface area contributed by atoms with E-state index >= 15 is 0 Å². The van der Waals surface area contributed by atoms with Crippen molar-refractivity contribution in [2.75, 3.05) is 37.3 Å². The lowest BCUT2D eigenvalue weighted by Crippen LogP contribution is -2.46. The summed E-state index contributed by atoms with van der Waals surface area (Å²) in [6.45, 7) is 6.99. The monoisotopic (exact) mass is 469 g/mol. The number of aromatic nitrogens is 3. The molecule has 1 atom stereocenters. The quantitative estimate of drug-likeness (QED) is 0.680. The fourth-order valence-corrected chi connectivity index (χ4v) is 6.00. The fraction of sp³-hybridized carbons (Fsp3) is 0.542. The summed E-state index contributed by atoms with van der Waals surface area (Å²) in [5, 5.41) is 0. The highest BCUT2D eigenvalue weighted by Crippen LogP contribution is 2.43. The van der Waals surface area contributed by atoms with Crippen molar-refractivity contribution in [1.82, 2.24) is 19.3 Å². The van der Waals surface area contributed by atoms with Crippen LogP contribution >= 0.6 is 0 Å². The first-order valence-corrected chi connectivity index (χ1v) is 13.4. The van der Waals surface area contributed by atoms with E-state index in [0.29, 0.717) is 25.4 Å². The molecule has 9 heteroatoms. The van der Waals surface area contributed by atoms with Gasteiger partial charge in [0.1, 0.15) is 17.2 Å². The number of sulfonamides is 1. The van der Waals surface area contributed by atoms with E-state index in [1.165, 1.54) is 16.1 Å². The molecule has 1 saturated heterocycles. The van der Waals surface area contributed by atoms with Crippen LogP contribution in [-0.2, 0) is 16.4 Å². The average Bonchev–Trinajstić information content (AvgIpc) is 3.16. The number of rotatable bonds is 4. The minimum atomic E-state index is -3.16. The molecule has 0 saturated carbocycles. The van der Waals surface area contributed by atoms with Crippen LogP contribution in [0, 0.1) is 12.8 Å². The molecule has 0 N–H and O–H groups in total.